The van der Waals surface area contributed by atoms with Crippen LogP contribution in [-0.2, 0) is 12.8 Å². The zero-order chi connectivity index (χ0) is 11.8. The lowest BCUT2D eigenvalue weighted by molar-refractivity contribution is 0.203. The summed E-state index contributed by atoms with van der Waals surface area (Å²) < 4.78 is 6.22. The van der Waals surface area contributed by atoms with E-state index < -0.39 is 0 Å². The summed E-state index contributed by atoms with van der Waals surface area (Å²) in [5.41, 5.74) is 4.32. The fraction of sp³-hybridized carbons (Fsp3) is 0.500. The highest BCUT2D eigenvalue weighted by Crippen LogP contribution is 2.46. The fourth-order valence-corrected chi connectivity index (χ4v) is 3.15. The average Bonchev–Trinajstić information content (AvgIpc) is 2.77. The molecule has 1 heterocycles. The Balaban J connectivity index is 2.15. The summed E-state index contributed by atoms with van der Waals surface area (Å²) in [7, 11) is 0. The van der Waals surface area contributed by atoms with Crippen LogP contribution < -0.4 is 4.74 Å². The molecule has 1 aromatic carbocycles. The summed E-state index contributed by atoms with van der Waals surface area (Å²) in [5, 5.41) is 0. The first-order valence-corrected chi connectivity index (χ1v) is 6.83. The molecule has 0 N–H and O–H groups in total. The van der Waals surface area contributed by atoms with Gasteiger partial charge in [0, 0.05) is 11.5 Å². The largest absolute Gasteiger partial charge is 0.489 e. The van der Waals surface area contributed by atoms with Gasteiger partial charge in [-0.1, -0.05) is 38.1 Å². The van der Waals surface area contributed by atoms with Crippen molar-refractivity contribution in [1.82, 2.24) is 0 Å². The third-order valence-corrected chi connectivity index (χ3v) is 4.09. The van der Waals surface area contributed by atoms with Gasteiger partial charge in [-0.05, 0) is 36.8 Å². The molecule has 17 heavy (non-hydrogen) atoms. The van der Waals surface area contributed by atoms with E-state index >= 15 is 0 Å². The van der Waals surface area contributed by atoms with E-state index in [9.17, 15) is 0 Å². The third kappa shape index (κ3) is 1.60. The summed E-state index contributed by atoms with van der Waals surface area (Å²) in [4.78, 5) is 0. The molecule has 0 fully saturated rings. The molecule has 0 bridgehead atoms. The van der Waals surface area contributed by atoms with E-state index in [0.29, 0.717) is 12.0 Å². The number of allylic oxidation sites excluding steroid dienone is 1. The van der Waals surface area contributed by atoms with Gasteiger partial charge in [0.1, 0.15) is 11.9 Å². The van der Waals surface area contributed by atoms with Gasteiger partial charge in [0.2, 0.25) is 0 Å². The molecule has 1 aliphatic heterocycles. The Kier molecular flexibility index (Phi) is 2.70. The summed E-state index contributed by atoms with van der Waals surface area (Å²) in [6, 6.07) is 4.55. The predicted molar refractivity (Wildman–Crippen MR) is 70.7 cm³/mol. The maximum Gasteiger partial charge on any atom is 0.127 e. The van der Waals surface area contributed by atoms with Crippen molar-refractivity contribution in [2.75, 3.05) is 0 Å². The van der Waals surface area contributed by atoms with Crippen LogP contribution >= 0.6 is 0 Å². The number of fused-ring (bicyclic) bond motifs is 3. The zero-order valence-electron chi connectivity index (χ0n) is 10.7. The molecule has 0 amide bonds. The number of hydrogen-bond donors (Lipinski definition) is 0. The second-order valence-corrected chi connectivity index (χ2v) is 5.02. The van der Waals surface area contributed by atoms with Crippen LogP contribution in [0.1, 0.15) is 49.3 Å². The first-order valence-electron chi connectivity index (χ1n) is 6.83. The number of ether oxygens (including phenoxy) is 1. The van der Waals surface area contributed by atoms with Crippen molar-refractivity contribution in [3.63, 3.8) is 0 Å². The Morgan fingerprint density at radius 2 is 1.94 bits per heavy atom. The van der Waals surface area contributed by atoms with Crippen LogP contribution in [0.3, 0.4) is 0 Å². The topological polar surface area (TPSA) is 9.23 Å². The van der Waals surface area contributed by atoms with E-state index in [4.69, 9.17) is 4.74 Å². The summed E-state index contributed by atoms with van der Waals surface area (Å²) in [6.45, 7) is 4.45. The lowest BCUT2D eigenvalue weighted by atomic mass is 9.84. The van der Waals surface area contributed by atoms with Gasteiger partial charge in [-0.25, -0.2) is 0 Å². The minimum absolute atomic E-state index is 0.396. The minimum Gasteiger partial charge on any atom is -0.489 e. The van der Waals surface area contributed by atoms with Crippen LogP contribution in [0.2, 0.25) is 0 Å². The van der Waals surface area contributed by atoms with Crippen molar-refractivity contribution in [3.05, 3.63) is 41.0 Å². The van der Waals surface area contributed by atoms with Crippen molar-refractivity contribution in [2.45, 2.75) is 51.6 Å². The van der Waals surface area contributed by atoms with Crippen molar-refractivity contribution in [3.8, 4) is 5.75 Å². The maximum atomic E-state index is 6.22. The third-order valence-electron chi connectivity index (χ3n) is 4.09. The number of aryl methyl sites for hydroxylation is 2. The molecular formula is C16H20O. The van der Waals surface area contributed by atoms with Gasteiger partial charge in [0.25, 0.3) is 0 Å². The number of benzene rings is 1. The molecule has 1 aliphatic carbocycles. The van der Waals surface area contributed by atoms with Crippen LogP contribution in [-0.4, -0.2) is 6.10 Å². The molecule has 0 aromatic heterocycles. The molecule has 3 rings (SSSR count). The van der Waals surface area contributed by atoms with Crippen LogP contribution in [0.15, 0.2) is 24.3 Å². The van der Waals surface area contributed by atoms with E-state index in [0.717, 1.165) is 19.3 Å². The number of hydrogen-bond acceptors (Lipinski definition) is 1. The second-order valence-electron chi connectivity index (χ2n) is 5.02. The molecule has 0 saturated carbocycles. The summed E-state index contributed by atoms with van der Waals surface area (Å²) >= 11 is 0. The Bertz CT molecular complexity index is 459. The van der Waals surface area contributed by atoms with Crippen LogP contribution in [0, 0.1) is 0 Å². The van der Waals surface area contributed by atoms with Crippen molar-refractivity contribution in [1.29, 1.82) is 0 Å². The van der Waals surface area contributed by atoms with Gasteiger partial charge < -0.3 is 4.74 Å². The molecular weight excluding hydrogens is 208 g/mol. The van der Waals surface area contributed by atoms with Crippen molar-refractivity contribution in [2.24, 2.45) is 0 Å². The molecule has 0 spiro atoms. The normalized spacial score (nSPS) is 25.3. The Morgan fingerprint density at radius 1 is 1.18 bits per heavy atom. The van der Waals surface area contributed by atoms with Crippen LogP contribution in [0.5, 0.6) is 5.75 Å². The highest BCUT2D eigenvalue weighted by molar-refractivity contribution is 5.54. The van der Waals surface area contributed by atoms with E-state index in [2.05, 4.69) is 38.1 Å². The smallest absolute Gasteiger partial charge is 0.127 e. The Hall–Kier alpha value is -1.24. The Morgan fingerprint density at radius 3 is 2.71 bits per heavy atom. The van der Waals surface area contributed by atoms with Crippen LogP contribution in [0.4, 0.5) is 0 Å². The quantitative estimate of drug-likeness (QED) is 0.695. The van der Waals surface area contributed by atoms with E-state index in [1.165, 1.54) is 28.9 Å². The maximum absolute atomic E-state index is 6.22. The molecule has 0 saturated heterocycles. The van der Waals surface area contributed by atoms with Gasteiger partial charge >= 0.3 is 0 Å². The lowest BCUT2D eigenvalue weighted by Gasteiger charge is -2.19. The van der Waals surface area contributed by atoms with E-state index in [-0.39, 0.29) is 0 Å². The van der Waals surface area contributed by atoms with Gasteiger partial charge in [-0.2, -0.15) is 0 Å². The lowest BCUT2D eigenvalue weighted by Crippen LogP contribution is -2.19. The molecule has 1 heteroatoms. The van der Waals surface area contributed by atoms with E-state index in [1.807, 2.05) is 0 Å². The van der Waals surface area contributed by atoms with Gasteiger partial charge in [-0.15, -0.1) is 0 Å². The summed E-state index contributed by atoms with van der Waals surface area (Å²) in [6.07, 6.45) is 9.58. The SMILES string of the molecule is CCc1ccc(CC)c2c1O[C@@H]1CCC=CC21. The first kappa shape index (κ1) is 10.9. The molecule has 1 nitrogen and oxygen atoms in total. The average molecular weight is 228 g/mol. The van der Waals surface area contributed by atoms with Gasteiger partial charge in [-0.3, -0.25) is 0 Å². The van der Waals surface area contributed by atoms with Crippen molar-refractivity contribution < 1.29 is 4.74 Å². The summed E-state index contributed by atoms with van der Waals surface area (Å²) in [5.74, 6) is 1.72. The Labute approximate surface area is 103 Å². The van der Waals surface area contributed by atoms with Gasteiger partial charge in [0.15, 0.2) is 0 Å². The highest BCUT2D eigenvalue weighted by Gasteiger charge is 2.36. The zero-order valence-corrected chi connectivity index (χ0v) is 10.7. The minimum atomic E-state index is 0.396. The second kappa shape index (κ2) is 4.21. The van der Waals surface area contributed by atoms with E-state index in [1.54, 1.807) is 0 Å². The van der Waals surface area contributed by atoms with Crippen LogP contribution in [0.25, 0.3) is 0 Å². The standard InChI is InChI=1S/C16H20O/c1-3-11-9-10-12(4-2)16-15(11)13-7-5-6-8-14(13)17-16/h5,7,9-10,13-14H,3-4,6,8H2,1-2H3/t13?,14-/m1/s1. The monoisotopic (exact) mass is 228 g/mol. The van der Waals surface area contributed by atoms with Crippen molar-refractivity contribution >= 4 is 0 Å². The predicted octanol–water partition coefficient (Wildman–Crippen LogP) is 4.01. The van der Waals surface area contributed by atoms with Gasteiger partial charge in [0.05, 0.1) is 0 Å². The molecule has 2 atom stereocenters. The first-order chi connectivity index (χ1) is 8.35. The molecule has 0 radical (unpaired) electrons. The molecule has 1 aromatic rings. The molecule has 2 aliphatic rings. The highest BCUT2D eigenvalue weighted by atomic mass is 16.5. The molecule has 1 unspecified atom stereocenters. The molecule has 90 valence electrons. The fourth-order valence-electron chi connectivity index (χ4n) is 3.15. The number of rotatable bonds is 2.